The normalized spacial score (nSPS) is 18.0. The van der Waals surface area contributed by atoms with Gasteiger partial charge in [-0.2, -0.15) is 0 Å². The van der Waals surface area contributed by atoms with Gasteiger partial charge in [-0.05, 0) is 49.6 Å². The second-order valence-corrected chi connectivity index (χ2v) is 5.73. The molecule has 0 spiro atoms. The molecule has 1 aliphatic heterocycles. The van der Waals surface area contributed by atoms with E-state index < -0.39 is 0 Å². The van der Waals surface area contributed by atoms with Gasteiger partial charge in [-0.25, -0.2) is 0 Å². The highest BCUT2D eigenvalue weighted by molar-refractivity contribution is 5.97. The van der Waals surface area contributed by atoms with Gasteiger partial charge in [0, 0.05) is 5.69 Å². The van der Waals surface area contributed by atoms with E-state index in [4.69, 9.17) is 5.73 Å². The molecule has 0 aliphatic carbocycles. The Kier molecular flexibility index (Phi) is 3.42. The number of para-hydroxylation sites is 1. The summed E-state index contributed by atoms with van der Waals surface area (Å²) < 4.78 is 0. The minimum Gasteiger partial charge on any atom is -0.369 e. The number of rotatable bonds is 2. The van der Waals surface area contributed by atoms with Gasteiger partial charge in [0.05, 0.1) is 12.6 Å². The van der Waals surface area contributed by atoms with Crippen LogP contribution in [0.15, 0.2) is 47.5 Å². The molecule has 0 amide bonds. The van der Waals surface area contributed by atoms with Gasteiger partial charge in [0.2, 0.25) is 0 Å². The SMILES string of the molecule is Cc1cc(C)c(C2CN=C(N)N2c2ccccc2)c(C)c1. The Morgan fingerprint density at radius 3 is 2.29 bits per heavy atom. The molecule has 0 radical (unpaired) electrons. The lowest BCUT2D eigenvalue weighted by molar-refractivity contribution is 0.755. The lowest BCUT2D eigenvalue weighted by Gasteiger charge is -2.29. The third-order valence-corrected chi connectivity index (χ3v) is 4.09. The molecule has 2 N–H and O–H groups in total. The average molecular weight is 279 g/mol. The third kappa shape index (κ3) is 2.40. The van der Waals surface area contributed by atoms with Crippen LogP contribution >= 0.6 is 0 Å². The molecule has 3 rings (SSSR count). The Morgan fingerprint density at radius 1 is 1.05 bits per heavy atom. The molecular weight excluding hydrogens is 258 g/mol. The number of nitrogens with two attached hydrogens (primary N) is 1. The van der Waals surface area contributed by atoms with Crippen molar-refractivity contribution in [3.05, 3.63) is 64.7 Å². The second-order valence-electron chi connectivity index (χ2n) is 5.73. The molecule has 0 saturated carbocycles. The van der Waals surface area contributed by atoms with E-state index in [1.54, 1.807) is 0 Å². The van der Waals surface area contributed by atoms with Gasteiger partial charge >= 0.3 is 0 Å². The molecule has 2 aromatic rings. The minimum absolute atomic E-state index is 0.188. The molecule has 1 aliphatic rings. The van der Waals surface area contributed by atoms with Crippen molar-refractivity contribution in [2.24, 2.45) is 10.7 Å². The summed E-state index contributed by atoms with van der Waals surface area (Å²) in [6.07, 6.45) is 0. The van der Waals surface area contributed by atoms with E-state index in [9.17, 15) is 0 Å². The Balaban J connectivity index is 2.07. The van der Waals surface area contributed by atoms with Crippen LogP contribution in [-0.2, 0) is 0 Å². The zero-order valence-corrected chi connectivity index (χ0v) is 12.8. The number of hydrogen-bond acceptors (Lipinski definition) is 3. The third-order valence-electron chi connectivity index (χ3n) is 4.09. The summed E-state index contributed by atoms with van der Waals surface area (Å²) in [5, 5.41) is 0. The van der Waals surface area contributed by atoms with Gasteiger partial charge in [0.15, 0.2) is 5.96 Å². The van der Waals surface area contributed by atoms with Crippen LogP contribution in [0.5, 0.6) is 0 Å². The Morgan fingerprint density at radius 2 is 1.67 bits per heavy atom. The topological polar surface area (TPSA) is 41.6 Å². The number of aliphatic imine (C=N–C) groups is 1. The van der Waals surface area contributed by atoms with Crippen molar-refractivity contribution in [1.82, 2.24) is 0 Å². The van der Waals surface area contributed by atoms with Gasteiger partial charge in [0.25, 0.3) is 0 Å². The van der Waals surface area contributed by atoms with E-state index in [2.05, 4.69) is 54.9 Å². The molecule has 21 heavy (non-hydrogen) atoms. The van der Waals surface area contributed by atoms with Crippen LogP contribution in [0.4, 0.5) is 5.69 Å². The summed E-state index contributed by atoms with van der Waals surface area (Å²) in [5.74, 6) is 0.602. The maximum absolute atomic E-state index is 6.14. The minimum atomic E-state index is 0.188. The molecule has 108 valence electrons. The van der Waals surface area contributed by atoms with Crippen molar-refractivity contribution in [3.63, 3.8) is 0 Å². The predicted molar refractivity (Wildman–Crippen MR) is 88.8 cm³/mol. The van der Waals surface area contributed by atoms with Crippen LogP contribution in [0.1, 0.15) is 28.3 Å². The molecule has 0 aromatic heterocycles. The van der Waals surface area contributed by atoms with Gasteiger partial charge in [-0.15, -0.1) is 0 Å². The predicted octanol–water partition coefficient (Wildman–Crippen LogP) is 3.49. The number of benzene rings is 2. The van der Waals surface area contributed by atoms with Crippen LogP contribution in [0, 0.1) is 20.8 Å². The molecule has 2 aromatic carbocycles. The first-order valence-corrected chi connectivity index (χ1v) is 7.30. The molecule has 0 fully saturated rings. The van der Waals surface area contributed by atoms with Gasteiger partial charge in [0.1, 0.15) is 0 Å². The summed E-state index contributed by atoms with van der Waals surface area (Å²) in [7, 11) is 0. The molecular formula is C18H21N3. The van der Waals surface area contributed by atoms with Gasteiger partial charge < -0.3 is 10.6 Å². The average Bonchev–Trinajstić information content (AvgIpc) is 2.80. The zero-order chi connectivity index (χ0) is 15.0. The van der Waals surface area contributed by atoms with Crippen LogP contribution < -0.4 is 10.6 Å². The number of hydrogen-bond donors (Lipinski definition) is 1. The van der Waals surface area contributed by atoms with Crippen LogP contribution in [0.2, 0.25) is 0 Å². The van der Waals surface area contributed by atoms with E-state index in [0.717, 1.165) is 5.69 Å². The van der Waals surface area contributed by atoms with Crippen LogP contribution in [0.3, 0.4) is 0 Å². The Hall–Kier alpha value is -2.29. The molecule has 1 unspecified atom stereocenters. The second kappa shape index (κ2) is 5.24. The van der Waals surface area contributed by atoms with Crippen molar-refractivity contribution in [2.45, 2.75) is 26.8 Å². The first kappa shape index (κ1) is 13.7. The summed E-state index contributed by atoms with van der Waals surface area (Å²) in [6, 6.07) is 14.9. The fourth-order valence-electron chi connectivity index (χ4n) is 3.34. The first-order valence-electron chi connectivity index (χ1n) is 7.30. The Bertz CT molecular complexity index is 666. The fourth-order valence-corrected chi connectivity index (χ4v) is 3.34. The monoisotopic (exact) mass is 279 g/mol. The lowest BCUT2D eigenvalue weighted by Crippen LogP contribution is -2.36. The van der Waals surface area contributed by atoms with E-state index in [-0.39, 0.29) is 6.04 Å². The molecule has 1 atom stereocenters. The van der Waals surface area contributed by atoms with Gasteiger partial charge in [-0.3, -0.25) is 4.99 Å². The molecule has 3 heteroatoms. The molecule has 0 bridgehead atoms. The number of nitrogens with zero attached hydrogens (tertiary/aromatic N) is 2. The highest BCUT2D eigenvalue weighted by atomic mass is 15.3. The Labute approximate surface area is 126 Å². The largest absolute Gasteiger partial charge is 0.369 e. The highest BCUT2D eigenvalue weighted by Gasteiger charge is 2.30. The van der Waals surface area contributed by atoms with Crippen LogP contribution in [0.25, 0.3) is 0 Å². The standard InChI is InChI=1S/C18H21N3/c1-12-9-13(2)17(14(3)10-12)16-11-20-18(19)21(16)15-7-5-4-6-8-15/h4-10,16H,11H2,1-3H3,(H2,19,20). The van der Waals surface area contributed by atoms with Crippen molar-refractivity contribution >= 4 is 11.6 Å². The van der Waals surface area contributed by atoms with E-state index in [1.807, 2.05) is 18.2 Å². The summed E-state index contributed by atoms with van der Waals surface area (Å²) in [6.45, 7) is 7.20. The lowest BCUT2D eigenvalue weighted by atomic mass is 9.93. The summed E-state index contributed by atoms with van der Waals surface area (Å²) in [4.78, 5) is 6.62. The number of anilines is 1. The van der Waals surface area contributed by atoms with Crippen molar-refractivity contribution < 1.29 is 0 Å². The first-order chi connectivity index (χ1) is 10.1. The number of aryl methyl sites for hydroxylation is 3. The van der Waals surface area contributed by atoms with Crippen molar-refractivity contribution in [1.29, 1.82) is 0 Å². The molecule has 1 heterocycles. The maximum atomic E-state index is 6.14. The smallest absolute Gasteiger partial charge is 0.196 e. The van der Waals surface area contributed by atoms with Crippen molar-refractivity contribution in [3.8, 4) is 0 Å². The van der Waals surface area contributed by atoms with E-state index >= 15 is 0 Å². The summed E-state index contributed by atoms with van der Waals surface area (Å²) in [5.41, 5.74) is 12.5. The summed E-state index contributed by atoms with van der Waals surface area (Å²) >= 11 is 0. The molecule has 0 saturated heterocycles. The highest BCUT2D eigenvalue weighted by Crippen LogP contribution is 2.34. The fraction of sp³-hybridized carbons (Fsp3) is 0.278. The molecule has 3 nitrogen and oxygen atoms in total. The van der Waals surface area contributed by atoms with E-state index in [0.29, 0.717) is 12.5 Å². The maximum Gasteiger partial charge on any atom is 0.196 e. The van der Waals surface area contributed by atoms with Gasteiger partial charge in [-0.1, -0.05) is 35.9 Å². The van der Waals surface area contributed by atoms with E-state index in [1.165, 1.54) is 22.3 Å². The number of guanidine groups is 1. The van der Waals surface area contributed by atoms with Crippen molar-refractivity contribution in [2.75, 3.05) is 11.4 Å². The quantitative estimate of drug-likeness (QED) is 0.914. The van der Waals surface area contributed by atoms with Crippen LogP contribution in [-0.4, -0.2) is 12.5 Å². The zero-order valence-electron chi connectivity index (χ0n) is 12.8.